The lowest BCUT2D eigenvalue weighted by Gasteiger charge is -2.14. The molecule has 16 heavy (non-hydrogen) atoms. The molecule has 0 saturated heterocycles. The third-order valence-electron chi connectivity index (χ3n) is 2.15. The Labute approximate surface area is 94.6 Å². The maximum absolute atomic E-state index is 13.2. The zero-order valence-corrected chi connectivity index (χ0v) is 9.59. The second-order valence-electron chi connectivity index (χ2n) is 3.72. The van der Waals surface area contributed by atoms with Crippen LogP contribution in [0.15, 0.2) is 18.2 Å². The Morgan fingerprint density at radius 3 is 2.81 bits per heavy atom. The lowest BCUT2D eigenvalue weighted by Crippen LogP contribution is -2.32. The smallest absolute Gasteiger partial charge is 0.200 e. The summed E-state index contributed by atoms with van der Waals surface area (Å²) >= 11 is 0. The van der Waals surface area contributed by atoms with Gasteiger partial charge in [0.2, 0.25) is 5.82 Å². The van der Waals surface area contributed by atoms with Crippen LogP contribution in [-0.2, 0) is 0 Å². The molecule has 90 valence electrons. The quantitative estimate of drug-likeness (QED) is 0.809. The van der Waals surface area contributed by atoms with Crippen molar-refractivity contribution < 1.29 is 13.5 Å². The molecule has 0 bridgehead atoms. The Morgan fingerprint density at radius 2 is 2.12 bits per heavy atom. The van der Waals surface area contributed by atoms with Crippen molar-refractivity contribution in [3.05, 3.63) is 29.8 Å². The van der Waals surface area contributed by atoms with Gasteiger partial charge in [-0.25, -0.2) is 4.39 Å². The zero-order valence-electron chi connectivity index (χ0n) is 9.59. The highest BCUT2D eigenvalue weighted by Gasteiger charge is 2.09. The van der Waals surface area contributed by atoms with E-state index >= 15 is 0 Å². The van der Waals surface area contributed by atoms with E-state index < -0.39 is 11.6 Å². The van der Waals surface area contributed by atoms with Gasteiger partial charge >= 0.3 is 0 Å². The van der Waals surface area contributed by atoms with E-state index in [4.69, 9.17) is 4.74 Å². The van der Waals surface area contributed by atoms with Gasteiger partial charge in [-0.3, -0.25) is 0 Å². The Hall–Kier alpha value is -1.16. The molecule has 1 aromatic rings. The molecule has 2 nitrogen and oxygen atoms in total. The minimum atomic E-state index is -0.926. The van der Waals surface area contributed by atoms with Crippen LogP contribution in [0.25, 0.3) is 0 Å². The summed E-state index contributed by atoms with van der Waals surface area (Å²) in [5.74, 6) is -1.85. The van der Waals surface area contributed by atoms with E-state index in [0.29, 0.717) is 6.61 Å². The minimum absolute atomic E-state index is 0.0369. The van der Waals surface area contributed by atoms with E-state index in [9.17, 15) is 8.78 Å². The molecule has 1 atom stereocenters. The fraction of sp³-hybridized carbons (Fsp3) is 0.500. The Bertz CT molecular complexity index is 331. The average molecular weight is 229 g/mol. The van der Waals surface area contributed by atoms with Crippen LogP contribution in [0.3, 0.4) is 0 Å². The molecule has 0 fully saturated rings. The monoisotopic (exact) mass is 229 g/mol. The molecule has 0 spiro atoms. The molecular weight excluding hydrogens is 212 g/mol. The van der Waals surface area contributed by atoms with Crippen LogP contribution in [0, 0.1) is 11.6 Å². The SMILES string of the molecule is CCCNC(C)COc1cccc(F)c1F. The van der Waals surface area contributed by atoms with E-state index in [1.165, 1.54) is 12.1 Å². The fourth-order valence-corrected chi connectivity index (χ4v) is 1.26. The highest BCUT2D eigenvalue weighted by molar-refractivity contribution is 5.25. The van der Waals surface area contributed by atoms with Crippen LogP contribution in [0.1, 0.15) is 20.3 Å². The van der Waals surface area contributed by atoms with E-state index in [2.05, 4.69) is 12.2 Å². The van der Waals surface area contributed by atoms with Gasteiger partial charge < -0.3 is 10.1 Å². The lowest BCUT2D eigenvalue weighted by molar-refractivity contribution is 0.258. The van der Waals surface area contributed by atoms with Gasteiger partial charge in [-0.15, -0.1) is 0 Å². The second-order valence-corrected chi connectivity index (χ2v) is 3.72. The predicted molar refractivity (Wildman–Crippen MR) is 59.6 cm³/mol. The van der Waals surface area contributed by atoms with E-state index in [1.54, 1.807) is 0 Å². The minimum Gasteiger partial charge on any atom is -0.489 e. The second kappa shape index (κ2) is 6.43. The first-order valence-electron chi connectivity index (χ1n) is 5.45. The Kier molecular flexibility index (Phi) is 5.19. The first-order valence-corrected chi connectivity index (χ1v) is 5.45. The van der Waals surface area contributed by atoms with Crippen molar-refractivity contribution >= 4 is 0 Å². The van der Waals surface area contributed by atoms with Gasteiger partial charge in [0, 0.05) is 6.04 Å². The summed E-state index contributed by atoms with van der Waals surface area (Å²) in [7, 11) is 0. The summed E-state index contributed by atoms with van der Waals surface area (Å²) in [6, 6.07) is 4.03. The number of halogens is 2. The molecule has 0 radical (unpaired) electrons. The fourth-order valence-electron chi connectivity index (χ4n) is 1.26. The maximum Gasteiger partial charge on any atom is 0.200 e. The molecule has 1 unspecified atom stereocenters. The van der Waals surface area contributed by atoms with Gasteiger partial charge in [-0.2, -0.15) is 4.39 Å². The summed E-state index contributed by atoms with van der Waals surface area (Å²) in [5, 5.41) is 3.20. The molecule has 0 saturated carbocycles. The maximum atomic E-state index is 13.2. The first kappa shape index (κ1) is 12.9. The predicted octanol–water partition coefficient (Wildman–Crippen LogP) is 2.73. The summed E-state index contributed by atoms with van der Waals surface area (Å²) in [6.07, 6.45) is 1.03. The molecule has 1 rings (SSSR count). The number of rotatable bonds is 6. The van der Waals surface area contributed by atoms with Gasteiger partial charge in [0.15, 0.2) is 11.6 Å². The van der Waals surface area contributed by atoms with Crippen LogP contribution in [0.4, 0.5) is 8.78 Å². The molecular formula is C12H17F2NO. The number of ether oxygens (including phenoxy) is 1. The van der Waals surface area contributed by atoms with Crippen molar-refractivity contribution in [2.24, 2.45) is 0 Å². The highest BCUT2D eigenvalue weighted by atomic mass is 19.2. The third kappa shape index (κ3) is 3.77. The van der Waals surface area contributed by atoms with Gasteiger partial charge in [0.05, 0.1) is 0 Å². The molecule has 0 amide bonds. The molecule has 1 N–H and O–H groups in total. The molecule has 0 aliphatic carbocycles. The standard InChI is InChI=1S/C12H17F2NO/c1-3-7-15-9(2)8-16-11-6-4-5-10(13)12(11)14/h4-6,9,15H,3,7-8H2,1-2H3. The largest absolute Gasteiger partial charge is 0.489 e. The van der Waals surface area contributed by atoms with Gasteiger partial charge in [-0.1, -0.05) is 13.0 Å². The normalized spacial score (nSPS) is 12.5. The van der Waals surface area contributed by atoms with Gasteiger partial charge in [-0.05, 0) is 32.0 Å². The van der Waals surface area contributed by atoms with Crippen molar-refractivity contribution in [3.63, 3.8) is 0 Å². The third-order valence-corrected chi connectivity index (χ3v) is 2.15. The summed E-state index contributed by atoms with van der Waals surface area (Å²) in [4.78, 5) is 0. The number of hydrogen-bond donors (Lipinski definition) is 1. The molecule has 1 aromatic carbocycles. The van der Waals surface area contributed by atoms with Crippen molar-refractivity contribution in [3.8, 4) is 5.75 Å². The zero-order chi connectivity index (χ0) is 12.0. The van der Waals surface area contributed by atoms with E-state index in [-0.39, 0.29) is 11.8 Å². The molecule has 0 aliphatic rings. The van der Waals surface area contributed by atoms with Crippen molar-refractivity contribution in [2.45, 2.75) is 26.3 Å². The highest BCUT2D eigenvalue weighted by Crippen LogP contribution is 2.18. The van der Waals surface area contributed by atoms with Gasteiger partial charge in [0.25, 0.3) is 0 Å². The summed E-state index contributed by atoms with van der Waals surface area (Å²) in [5.41, 5.74) is 0. The molecule has 0 heterocycles. The molecule has 4 heteroatoms. The number of hydrogen-bond acceptors (Lipinski definition) is 2. The average Bonchev–Trinajstić information content (AvgIpc) is 2.28. The van der Waals surface area contributed by atoms with Crippen LogP contribution in [0.5, 0.6) is 5.75 Å². The van der Waals surface area contributed by atoms with E-state index in [0.717, 1.165) is 19.0 Å². The topological polar surface area (TPSA) is 21.3 Å². The summed E-state index contributed by atoms with van der Waals surface area (Å²) in [6.45, 7) is 5.20. The van der Waals surface area contributed by atoms with Crippen molar-refractivity contribution in [1.82, 2.24) is 5.32 Å². The molecule has 0 aromatic heterocycles. The van der Waals surface area contributed by atoms with Crippen LogP contribution < -0.4 is 10.1 Å². The Morgan fingerprint density at radius 1 is 1.38 bits per heavy atom. The number of nitrogens with one attached hydrogen (secondary N) is 1. The van der Waals surface area contributed by atoms with Crippen molar-refractivity contribution in [2.75, 3.05) is 13.2 Å². The lowest BCUT2D eigenvalue weighted by atomic mass is 10.3. The number of benzene rings is 1. The molecule has 0 aliphatic heterocycles. The first-order chi connectivity index (χ1) is 7.65. The van der Waals surface area contributed by atoms with Crippen molar-refractivity contribution in [1.29, 1.82) is 0 Å². The Balaban J connectivity index is 2.45. The van der Waals surface area contributed by atoms with Crippen LogP contribution in [0.2, 0.25) is 0 Å². The van der Waals surface area contributed by atoms with Crippen LogP contribution >= 0.6 is 0 Å². The van der Waals surface area contributed by atoms with Crippen LogP contribution in [-0.4, -0.2) is 19.2 Å². The van der Waals surface area contributed by atoms with Gasteiger partial charge in [0.1, 0.15) is 6.61 Å². The summed E-state index contributed by atoms with van der Waals surface area (Å²) < 4.78 is 31.2. The van der Waals surface area contributed by atoms with E-state index in [1.807, 2.05) is 6.92 Å².